The van der Waals surface area contributed by atoms with Crippen LogP contribution in [0.3, 0.4) is 0 Å². The Morgan fingerprint density at radius 1 is 0.529 bits per heavy atom. The first-order chi connectivity index (χ1) is 7.69. The molecular formula is C12H31AlN3Na. The quantitative estimate of drug-likeness (QED) is 0.584. The van der Waals surface area contributed by atoms with Crippen molar-refractivity contribution >= 4 is 44.4 Å². The van der Waals surface area contributed by atoms with Gasteiger partial charge in [0.15, 0.2) is 0 Å². The SMILES string of the molecule is CC[N](CC)[Al]([N](CC)CC)[N](CC)CC.[NaH]. The zero-order valence-electron chi connectivity index (χ0n) is 12.2. The van der Waals surface area contributed by atoms with Gasteiger partial charge >= 0.3 is 44.4 Å². The molecule has 17 heavy (non-hydrogen) atoms. The predicted octanol–water partition coefficient (Wildman–Crippen LogP) is 1.35. The summed E-state index contributed by atoms with van der Waals surface area (Å²) in [6, 6.07) is 0. The molecule has 0 bridgehead atoms. The van der Waals surface area contributed by atoms with Crippen molar-refractivity contribution < 1.29 is 0 Å². The molecule has 0 aliphatic carbocycles. The molecule has 0 saturated carbocycles. The summed E-state index contributed by atoms with van der Waals surface area (Å²) >= 11 is -1.08. The number of rotatable bonds is 9. The van der Waals surface area contributed by atoms with Crippen LogP contribution < -0.4 is 0 Å². The van der Waals surface area contributed by atoms with Crippen LogP contribution in [0.2, 0.25) is 0 Å². The predicted molar refractivity (Wildman–Crippen MR) is 81.7 cm³/mol. The Bertz CT molecular complexity index is 131. The minimum absolute atomic E-state index is 0. The second-order valence-electron chi connectivity index (χ2n) is 4.01. The van der Waals surface area contributed by atoms with Gasteiger partial charge in [0.1, 0.15) is 0 Å². The van der Waals surface area contributed by atoms with Gasteiger partial charge in [0.25, 0.3) is 0 Å². The third kappa shape index (κ3) is 6.40. The van der Waals surface area contributed by atoms with E-state index in [9.17, 15) is 0 Å². The van der Waals surface area contributed by atoms with Crippen LogP contribution in [0.25, 0.3) is 0 Å². The van der Waals surface area contributed by atoms with Crippen LogP contribution in [-0.4, -0.2) is 95.3 Å². The van der Waals surface area contributed by atoms with Gasteiger partial charge in [0.2, 0.25) is 0 Å². The van der Waals surface area contributed by atoms with Gasteiger partial charge in [-0.15, -0.1) is 0 Å². The molecule has 0 amide bonds. The van der Waals surface area contributed by atoms with Crippen molar-refractivity contribution in [1.82, 2.24) is 11.7 Å². The van der Waals surface area contributed by atoms with Gasteiger partial charge in [0.05, 0.1) is 0 Å². The molecule has 0 heterocycles. The maximum absolute atomic E-state index is 2.68. The van der Waals surface area contributed by atoms with E-state index in [0.717, 1.165) is 0 Å². The summed E-state index contributed by atoms with van der Waals surface area (Å²) < 4.78 is 8.04. The van der Waals surface area contributed by atoms with E-state index < -0.39 is 14.8 Å². The van der Waals surface area contributed by atoms with Gasteiger partial charge < -0.3 is 11.7 Å². The van der Waals surface area contributed by atoms with Crippen LogP contribution in [-0.2, 0) is 0 Å². The van der Waals surface area contributed by atoms with E-state index >= 15 is 0 Å². The van der Waals surface area contributed by atoms with E-state index in [1.165, 1.54) is 39.3 Å². The van der Waals surface area contributed by atoms with Gasteiger partial charge in [-0.2, -0.15) is 0 Å². The zero-order valence-corrected chi connectivity index (χ0v) is 13.3. The Balaban J connectivity index is 0. The summed E-state index contributed by atoms with van der Waals surface area (Å²) in [7, 11) is 0. The van der Waals surface area contributed by atoms with Crippen molar-refractivity contribution in [3.63, 3.8) is 0 Å². The summed E-state index contributed by atoms with van der Waals surface area (Å²) in [4.78, 5) is 0. The average Bonchev–Trinajstić information content (AvgIpc) is 2.33. The Labute approximate surface area is 136 Å². The van der Waals surface area contributed by atoms with Crippen molar-refractivity contribution in [2.45, 2.75) is 41.5 Å². The molecule has 5 heteroatoms. The van der Waals surface area contributed by atoms with E-state index in [-0.39, 0.29) is 29.6 Å². The van der Waals surface area contributed by atoms with Crippen LogP contribution >= 0.6 is 0 Å². The minimum atomic E-state index is -1.08. The van der Waals surface area contributed by atoms with Crippen molar-refractivity contribution in [3.8, 4) is 0 Å². The molecule has 0 rings (SSSR count). The molecule has 0 saturated heterocycles. The van der Waals surface area contributed by atoms with Crippen molar-refractivity contribution in [2.75, 3.05) is 39.3 Å². The van der Waals surface area contributed by atoms with E-state index in [1.807, 2.05) is 0 Å². The first-order valence-electron chi connectivity index (χ1n) is 6.91. The monoisotopic (exact) mass is 267 g/mol. The Morgan fingerprint density at radius 2 is 0.706 bits per heavy atom. The molecule has 98 valence electrons. The molecule has 0 aromatic heterocycles. The van der Waals surface area contributed by atoms with Crippen molar-refractivity contribution in [2.24, 2.45) is 0 Å². The Morgan fingerprint density at radius 3 is 0.824 bits per heavy atom. The molecule has 0 aliphatic heterocycles. The molecule has 0 N–H and O–H groups in total. The van der Waals surface area contributed by atoms with Crippen LogP contribution in [0.1, 0.15) is 41.5 Å². The second-order valence-corrected chi connectivity index (χ2v) is 6.89. The Hall–Kier alpha value is 1.41. The normalized spacial score (nSPS) is 11.1. The topological polar surface area (TPSA) is 9.72 Å². The van der Waals surface area contributed by atoms with E-state index in [1.54, 1.807) is 0 Å². The van der Waals surface area contributed by atoms with Gasteiger partial charge in [-0.3, -0.25) is 0 Å². The van der Waals surface area contributed by atoms with E-state index in [2.05, 4.69) is 53.2 Å². The summed E-state index contributed by atoms with van der Waals surface area (Å²) in [6.07, 6.45) is 0. The standard InChI is InChI=1S/3C4H10N.Al.Na.H/c3*1-3-5-4-2;;;/h3*3-4H2,1-2H3;;;/q3*-1;+3;;. The fourth-order valence-corrected chi connectivity index (χ4v) is 5.69. The first kappa shape index (κ1) is 20.7. The molecule has 0 spiro atoms. The average molecular weight is 267 g/mol. The molecule has 0 aromatic carbocycles. The van der Waals surface area contributed by atoms with Crippen LogP contribution in [0.4, 0.5) is 0 Å². The van der Waals surface area contributed by atoms with Gasteiger partial charge in [-0.05, 0) is 39.3 Å². The molecule has 3 nitrogen and oxygen atoms in total. The van der Waals surface area contributed by atoms with Crippen LogP contribution in [0, 0.1) is 0 Å². The first-order valence-corrected chi connectivity index (χ1v) is 8.46. The van der Waals surface area contributed by atoms with Crippen molar-refractivity contribution in [1.29, 1.82) is 0 Å². The fraction of sp³-hybridized carbons (Fsp3) is 1.00. The van der Waals surface area contributed by atoms with E-state index in [0.29, 0.717) is 0 Å². The molecular weight excluding hydrogens is 236 g/mol. The summed E-state index contributed by atoms with van der Waals surface area (Å²) in [5.74, 6) is 0. The zero-order chi connectivity index (χ0) is 12.6. The summed E-state index contributed by atoms with van der Waals surface area (Å²) in [5, 5.41) is 0. The molecule has 0 unspecified atom stereocenters. The number of hydrogen-bond acceptors (Lipinski definition) is 3. The molecule has 0 radical (unpaired) electrons. The van der Waals surface area contributed by atoms with Crippen LogP contribution in [0.5, 0.6) is 0 Å². The third-order valence-corrected chi connectivity index (χ3v) is 7.57. The maximum atomic E-state index is 2.68. The summed E-state index contributed by atoms with van der Waals surface area (Å²) in [5.41, 5.74) is 0. The Kier molecular flexibility index (Phi) is 15.2. The summed E-state index contributed by atoms with van der Waals surface area (Å²) in [6.45, 7) is 20.8. The fourth-order valence-electron chi connectivity index (χ4n) is 2.34. The molecule has 0 aromatic rings. The van der Waals surface area contributed by atoms with Crippen LogP contribution in [0.15, 0.2) is 0 Å². The third-order valence-electron chi connectivity index (χ3n) is 3.42. The van der Waals surface area contributed by atoms with Gasteiger partial charge in [-0.1, -0.05) is 41.5 Å². The number of hydrogen-bond donors (Lipinski definition) is 0. The molecule has 0 aliphatic rings. The van der Waals surface area contributed by atoms with Gasteiger partial charge in [0, 0.05) is 0 Å². The van der Waals surface area contributed by atoms with Crippen molar-refractivity contribution in [3.05, 3.63) is 0 Å². The number of nitrogens with zero attached hydrogens (tertiary/aromatic N) is 3. The van der Waals surface area contributed by atoms with Gasteiger partial charge in [-0.25, -0.2) is 0 Å². The molecule has 0 atom stereocenters. The molecule has 0 fully saturated rings. The second kappa shape index (κ2) is 12.4. The van der Waals surface area contributed by atoms with E-state index in [4.69, 9.17) is 0 Å².